The molecular formula is C50H52N4O5. The number of hydrogen-bond donors (Lipinski definition) is 0. The zero-order chi connectivity index (χ0) is 40.1. The van der Waals surface area contributed by atoms with Gasteiger partial charge in [-0.2, -0.15) is 5.26 Å². The maximum atomic E-state index is 10.1. The SMILES string of the molecule is CCC1(CC)c2cc(C#N)ccc2-c2c1c1c(c3cc(OC)c(N4CCOCC4)cc23)OC(c2ccc(N3CCOCC3)cc2)(c2ccc(N3CCOCC3)cc2)C=C1. The molecule has 0 N–H and O–H groups in total. The van der Waals surface area contributed by atoms with Gasteiger partial charge in [0, 0.05) is 78.1 Å². The summed E-state index contributed by atoms with van der Waals surface area (Å²) in [6.45, 7) is 13.9. The summed E-state index contributed by atoms with van der Waals surface area (Å²) in [6, 6.07) is 31.2. The molecule has 1 aliphatic carbocycles. The highest BCUT2D eigenvalue weighted by Gasteiger charge is 2.47. The first-order valence-electron chi connectivity index (χ1n) is 21.4. The Morgan fingerprint density at radius 1 is 0.678 bits per heavy atom. The average molecular weight is 789 g/mol. The lowest BCUT2D eigenvalue weighted by atomic mass is 9.71. The molecule has 10 rings (SSSR count). The first kappa shape index (κ1) is 37.7. The molecule has 4 heterocycles. The molecule has 0 bridgehead atoms. The van der Waals surface area contributed by atoms with Crippen LogP contribution in [0.5, 0.6) is 11.5 Å². The van der Waals surface area contributed by atoms with E-state index in [0.717, 1.165) is 123 Å². The van der Waals surface area contributed by atoms with Crippen LogP contribution in [0.2, 0.25) is 0 Å². The van der Waals surface area contributed by atoms with Crippen LogP contribution in [0.4, 0.5) is 17.1 Å². The number of hydrogen-bond acceptors (Lipinski definition) is 9. The van der Waals surface area contributed by atoms with Crippen LogP contribution in [0.1, 0.15) is 60.1 Å². The Morgan fingerprint density at radius 2 is 1.24 bits per heavy atom. The van der Waals surface area contributed by atoms with Crippen LogP contribution < -0.4 is 24.2 Å². The third kappa shape index (κ3) is 6.06. The van der Waals surface area contributed by atoms with E-state index in [-0.39, 0.29) is 5.41 Å². The smallest absolute Gasteiger partial charge is 0.178 e. The number of ether oxygens (including phenoxy) is 5. The van der Waals surface area contributed by atoms with Gasteiger partial charge in [-0.15, -0.1) is 0 Å². The standard InChI is InChI=1S/C50H52N4O5/c1-4-49(5-2)43-30-34(33-51)6-15-39(43)46-41-31-44(54-22-28-58-29-23-54)45(55-3)32-42(41)48-40(47(46)49)16-17-50(59-48,35-7-11-37(12-8-35)52-18-24-56-25-19-52)36-9-13-38(14-10-36)53-20-26-57-27-21-53/h6-17,30-32H,4-5,18-29H2,1-3H3. The Morgan fingerprint density at radius 3 is 1.76 bits per heavy atom. The van der Waals surface area contributed by atoms with Gasteiger partial charge in [-0.3, -0.25) is 0 Å². The molecule has 302 valence electrons. The maximum Gasteiger partial charge on any atom is 0.178 e. The zero-order valence-corrected chi connectivity index (χ0v) is 34.4. The lowest BCUT2D eigenvalue weighted by molar-refractivity contribution is 0.122. The van der Waals surface area contributed by atoms with Crippen LogP contribution in [0.3, 0.4) is 0 Å². The summed E-state index contributed by atoms with van der Waals surface area (Å²) in [6.07, 6.45) is 6.39. The van der Waals surface area contributed by atoms with Crippen molar-refractivity contribution in [3.05, 3.63) is 118 Å². The van der Waals surface area contributed by atoms with E-state index in [0.29, 0.717) is 18.8 Å². The zero-order valence-electron chi connectivity index (χ0n) is 34.4. The minimum absolute atomic E-state index is 0.317. The second-order valence-corrected chi connectivity index (χ2v) is 16.3. The van der Waals surface area contributed by atoms with Crippen molar-refractivity contribution in [3.63, 3.8) is 0 Å². The molecule has 4 aliphatic heterocycles. The Kier molecular flexibility index (Phi) is 9.75. The summed E-state index contributed by atoms with van der Waals surface area (Å²) in [5.41, 5.74) is 11.0. The molecule has 9 nitrogen and oxygen atoms in total. The predicted octanol–water partition coefficient (Wildman–Crippen LogP) is 8.67. The van der Waals surface area contributed by atoms with E-state index in [4.69, 9.17) is 23.7 Å². The fraction of sp³-hybridized carbons (Fsp3) is 0.380. The molecular weight excluding hydrogens is 737 g/mol. The molecule has 9 heteroatoms. The third-order valence-corrected chi connectivity index (χ3v) is 13.7. The topological polar surface area (TPSA) is 79.7 Å². The van der Waals surface area contributed by atoms with Crippen molar-refractivity contribution < 1.29 is 23.7 Å². The lowest BCUT2D eigenvalue weighted by Gasteiger charge is -2.40. The fourth-order valence-electron chi connectivity index (χ4n) is 10.5. The number of anilines is 3. The molecule has 5 aromatic rings. The minimum atomic E-state index is -0.933. The van der Waals surface area contributed by atoms with Crippen molar-refractivity contribution in [2.24, 2.45) is 0 Å². The van der Waals surface area contributed by atoms with Crippen molar-refractivity contribution in [1.82, 2.24) is 0 Å². The molecule has 0 aromatic heterocycles. The summed E-state index contributed by atoms with van der Waals surface area (Å²) in [7, 11) is 1.76. The Bertz CT molecular complexity index is 2390. The van der Waals surface area contributed by atoms with Gasteiger partial charge in [0.2, 0.25) is 0 Å². The quantitative estimate of drug-likeness (QED) is 0.154. The minimum Gasteiger partial charge on any atom is -0.495 e. The number of nitriles is 1. The summed E-state index contributed by atoms with van der Waals surface area (Å²) in [4.78, 5) is 7.17. The molecule has 5 aliphatic rings. The molecule has 0 saturated carbocycles. The van der Waals surface area contributed by atoms with Gasteiger partial charge in [0.05, 0.1) is 64.1 Å². The van der Waals surface area contributed by atoms with Crippen LogP contribution in [0, 0.1) is 11.3 Å². The van der Waals surface area contributed by atoms with E-state index >= 15 is 0 Å². The highest BCUT2D eigenvalue weighted by molar-refractivity contribution is 6.10. The van der Waals surface area contributed by atoms with Crippen LogP contribution in [-0.4, -0.2) is 86.0 Å². The van der Waals surface area contributed by atoms with Crippen molar-refractivity contribution >= 4 is 33.9 Å². The second kappa shape index (κ2) is 15.3. The number of fused-ring (bicyclic) bond motifs is 8. The fourth-order valence-corrected chi connectivity index (χ4v) is 10.5. The summed E-state index contributed by atoms with van der Waals surface area (Å²) < 4.78 is 31.2. The van der Waals surface area contributed by atoms with Crippen LogP contribution >= 0.6 is 0 Å². The lowest BCUT2D eigenvalue weighted by Crippen LogP contribution is -2.37. The molecule has 0 atom stereocenters. The van der Waals surface area contributed by atoms with E-state index in [1.54, 1.807) is 7.11 Å². The maximum absolute atomic E-state index is 10.1. The molecule has 0 unspecified atom stereocenters. The van der Waals surface area contributed by atoms with Crippen LogP contribution in [0.25, 0.3) is 28.0 Å². The van der Waals surface area contributed by atoms with Gasteiger partial charge in [-0.1, -0.05) is 50.3 Å². The van der Waals surface area contributed by atoms with Crippen LogP contribution in [0.15, 0.2) is 84.9 Å². The van der Waals surface area contributed by atoms with Crippen LogP contribution in [-0.2, 0) is 25.2 Å². The Hall–Kier alpha value is -5.53. The van der Waals surface area contributed by atoms with Gasteiger partial charge in [-0.25, -0.2) is 0 Å². The van der Waals surface area contributed by atoms with Gasteiger partial charge in [-0.05, 0) is 95.1 Å². The molecule has 3 saturated heterocycles. The van der Waals surface area contributed by atoms with E-state index in [9.17, 15) is 5.26 Å². The largest absolute Gasteiger partial charge is 0.495 e. The highest BCUT2D eigenvalue weighted by Crippen LogP contribution is 2.61. The predicted molar refractivity (Wildman–Crippen MR) is 234 cm³/mol. The molecule has 3 fully saturated rings. The molecule has 0 radical (unpaired) electrons. The van der Waals surface area contributed by atoms with E-state index in [2.05, 4.69) is 120 Å². The van der Waals surface area contributed by atoms with Gasteiger partial charge >= 0.3 is 0 Å². The molecule has 0 amide bonds. The first-order valence-corrected chi connectivity index (χ1v) is 21.4. The van der Waals surface area contributed by atoms with Gasteiger partial charge in [0.25, 0.3) is 0 Å². The van der Waals surface area contributed by atoms with E-state index < -0.39 is 5.60 Å². The second-order valence-electron chi connectivity index (χ2n) is 16.3. The number of nitrogens with zero attached hydrogens (tertiary/aromatic N) is 4. The van der Waals surface area contributed by atoms with Gasteiger partial charge in [0.15, 0.2) is 5.60 Å². The monoisotopic (exact) mass is 788 g/mol. The normalized spacial score (nSPS) is 19.1. The Labute approximate surface area is 347 Å². The van der Waals surface area contributed by atoms with Crippen molar-refractivity contribution in [2.75, 3.05) is 101 Å². The third-order valence-electron chi connectivity index (χ3n) is 13.7. The van der Waals surface area contributed by atoms with E-state index in [1.165, 1.54) is 33.6 Å². The summed E-state index contributed by atoms with van der Waals surface area (Å²) in [5.74, 6) is 1.66. The number of morpholine rings is 3. The van der Waals surface area contributed by atoms with Crippen molar-refractivity contribution in [1.29, 1.82) is 5.26 Å². The highest BCUT2D eigenvalue weighted by atomic mass is 16.5. The molecule has 5 aromatic carbocycles. The number of rotatable bonds is 8. The number of benzene rings is 5. The molecule has 0 spiro atoms. The van der Waals surface area contributed by atoms with Crippen molar-refractivity contribution in [2.45, 2.75) is 37.7 Å². The van der Waals surface area contributed by atoms with E-state index in [1.807, 2.05) is 6.07 Å². The first-order chi connectivity index (χ1) is 29.0. The summed E-state index contributed by atoms with van der Waals surface area (Å²) >= 11 is 0. The summed E-state index contributed by atoms with van der Waals surface area (Å²) in [5, 5.41) is 12.3. The number of methoxy groups -OCH3 is 1. The Balaban J connectivity index is 1.22. The van der Waals surface area contributed by atoms with Crippen molar-refractivity contribution in [3.8, 4) is 28.7 Å². The van der Waals surface area contributed by atoms with Gasteiger partial charge < -0.3 is 38.4 Å². The van der Waals surface area contributed by atoms with Gasteiger partial charge in [0.1, 0.15) is 11.5 Å². The average Bonchev–Trinajstić information content (AvgIpc) is 3.62. The molecule has 59 heavy (non-hydrogen) atoms.